The fourth-order valence-electron chi connectivity index (χ4n) is 1.12. The Labute approximate surface area is 87.6 Å². The lowest BCUT2D eigenvalue weighted by Crippen LogP contribution is -2.00. The molecule has 0 N–H and O–H groups in total. The number of benzene rings is 1. The minimum Gasteiger partial charge on any atom is -0.772 e. The first-order valence-electron chi connectivity index (χ1n) is 3.78. The van der Waals surface area contributed by atoms with Gasteiger partial charge in [-0.2, -0.15) is 5.26 Å². The van der Waals surface area contributed by atoms with Crippen molar-refractivity contribution in [3.63, 3.8) is 0 Å². The third-order valence-corrected chi connectivity index (χ3v) is 2.26. The van der Waals surface area contributed by atoms with E-state index >= 15 is 0 Å². The summed E-state index contributed by atoms with van der Waals surface area (Å²) in [4.78, 5) is 9.81. The lowest BCUT2D eigenvalue weighted by molar-refractivity contribution is -0.385. The molecule has 1 unspecified atom stereocenters. The summed E-state index contributed by atoms with van der Waals surface area (Å²) in [6.45, 7) is 0. The summed E-state index contributed by atoms with van der Waals surface area (Å²) in [5.74, 6) is -0.398. The van der Waals surface area contributed by atoms with Crippen molar-refractivity contribution in [3.05, 3.63) is 39.4 Å². The number of nitrogens with zero attached hydrogens (tertiary/aromatic N) is 2. The van der Waals surface area contributed by atoms with E-state index in [2.05, 4.69) is 0 Å². The molecule has 0 aliphatic heterocycles. The highest BCUT2D eigenvalue weighted by molar-refractivity contribution is 7.78. The van der Waals surface area contributed by atoms with Gasteiger partial charge in [0, 0.05) is 11.8 Å². The van der Waals surface area contributed by atoms with Gasteiger partial charge in [-0.25, -0.2) is 0 Å². The van der Waals surface area contributed by atoms with Gasteiger partial charge in [-0.1, -0.05) is 23.2 Å². The Morgan fingerprint density at radius 3 is 2.67 bits per heavy atom. The number of nitriles is 1. The fourth-order valence-corrected chi connectivity index (χ4v) is 1.61. The van der Waals surface area contributed by atoms with Crippen molar-refractivity contribution in [2.45, 2.75) is 5.75 Å². The molecule has 0 amide bonds. The van der Waals surface area contributed by atoms with Gasteiger partial charge in [0.05, 0.1) is 4.92 Å². The molecule has 0 saturated heterocycles. The van der Waals surface area contributed by atoms with Crippen LogP contribution in [0.2, 0.25) is 0 Å². The average Bonchev–Trinajstić information content (AvgIpc) is 2.16. The molecule has 0 aromatic heterocycles. The zero-order chi connectivity index (χ0) is 11.4. The molecule has 6 nitrogen and oxygen atoms in total. The van der Waals surface area contributed by atoms with E-state index in [1.54, 1.807) is 6.07 Å². The van der Waals surface area contributed by atoms with Crippen LogP contribution in [0.5, 0.6) is 0 Å². The summed E-state index contributed by atoms with van der Waals surface area (Å²) in [5, 5.41) is 19.2. The molecule has 1 aromatic carbocycles. The summed E-state index contributed by atoms with van der Waals surface area (Å²) >= 11 is -2.37. The molecule has 1 atom stereocenters. The van der Waals surface area contributed by atoms with Gasteiger partial charge in [-0.15, -0.1) is 0 Å². The van der Waals surface area contributed by atoms with Crippen LogP contribution in [0.25, 0.3) is 0 Å². The first-order valence-corrected chi connectivity index (χ1v) is 5.03. The molecule has 0 heterocycles. The zero-order valence-corrected chi connectivity index (χ0v) is 8.19. The van der Waals surface area contributed by atoms with Crippen molar-refractivity contribution < 1.29 is 13.7 Å². The van der Waals surface area contributed by atoms with E-state index in [-0.39, 0.29) is 16.8 Å². The highest BCUT2D eigenvalue weighted by Crippen LogP contribution is 2.21. The van der Waals surface area contributed by atoms with E-state index in [1.165, 1.54) is 12.1 Å². The predicted molar refractivity (Wildman–Crippen MR) is 50.4 cm³/mol. The molecular formula is C8H5N2O4S-. The molecule has 1 rings (SSSR count). The van der Waals surface area contributed by atoms with Crippen LogP contribution in [0.4, 0.5) is 5.69 Å². The van der Waals surface area contributed by atoms with Crippen molar-refractivity contribution in [2.24, 2.45) is 0 Å². The van der Waals surface area contributed by atoms with Crippen molar-refractivity contribution >= 4 is 16.8 Å². The summed E-state index contributed by atoms with van der Waals surface area (Å²) in [7, 11) is 0. The second-order valence-electron chi connectivity index (χ2n) is 2.63. The third kappa shape index (κ3) is 2.59. The Balaban J connectivity index is 3.30. The van der Waals surface area contributed by atoms with Crippen molar-refractivity contribution in [1.29, 1.82) is 5.26 Å². The Hall–Kier alpha value is -1.78. The normalized spacial score (nSPS) is 11.7. The molecule has 1 aromatic rings. The zero-order valence-electron chi connectivity index (χ0n) is 7.37. The van der Waals surface area contributed by atoms with Gasteiger partial charge in [-0.3, -0.25) is 14.3 Å². The molecule has 78 valence electrons. The molecular weight excluding hydrogens is 220 g/mol. The van der Waals surface area contributed by atoms with E-state index in [9.17, 15) is 18.9 Å². The lowest BCUT2D eigenvalue weighted by atomic mass is 10.1. The van der Waals surface area contributed by atoms with Gasteiger partial charge in [-0.05, 0) is 5.56 Å². The number of hydrogen-bond donors (Lipinski definition) is 0. The van der Waals surface area contributed by atoms with E-state index < -0.39 is 21.8 Å². The summed E-state index contributed by atoms with van der Waals surface area (Å²) < 4.78 is 20.9. The van der Waals surface area contributed by atoms with Crippen LogP contribution in [0.3, 0.4) is 0 Å². The van der Waals surface area contributed by atoms with Crippen molar-refractivity contribution in [1.82, 2.24) is 0 Å². The first kappa shape index (κ1) is 11.3. The minimum atomic E-state index is -2.37. The summed E-state index contributed by atoms with van der Waals surface area (Å²) in [6.07, 6.45) is 0. The van der Waals surface area contributed by atoms with Crippen LogP contribution >= 0.6 is 0 Å². The fraction of sp³-hybridized carbons (Fsp3) is 0.125. The maximum Gasteiger partial charge on any atom is 0.287 e. The summed E-state index contributed by atoms with van der Waals surface area (Å²) in [6, 6.07) is 5.52. The van der Waals surface area contributed by atoms with Crippen LogP contribution in [0.1, 0.15) is 11.1 Å². The SMILES string of the molecule is N#Cc1c(CS(=O)[O-])cccc1[N+](=O)[O-]. The smallest absolute Gasteiger partial charge is 0.287 e. The maximum atomic E-state index is 10.5. The van der Waals surface area contributed by atoms with Gasteiger partial charge < -0.3 is 4.55 Å². The highest BCUT2D eigenvalue weighted by Gasteiger charge is 2.16. The van der Waals surface area contributed by atoms with E-state index in [0.717, 1.165) is 6.07 Å². The monoisotopic (exact) mass is 225 g/mol. The van der Waals surface area contributed by atoms with E-state index in [4.69, 9.17) is 5.26 Å². The molecule has 7 heteroatoms. The minimum absolute atomic E-state index is 0.139. The standard InChI is InChI=1S/C8H6N2O4S/c9-4-7-6(5-15(13)14)2-1-3-8(7)10(11)12/h1-3H,5H2,(H,13,14)/p-1. The van der Waals surface area contributed by atoms with Crippen molar-refractivity contribution in [3.8, 4) is 6.07 Å². The predicted octanol–water partition coefficient (Wildman–Crippen LogP) is 0.846. The third-order valence-electron chi connectivity index (χ3n) is 1.71. The Morgan fingerprint density at radius 1 is 1.53 bits per heavy atom. The highest BCUT2D eigenvalue weighted by atomic mass is 32.2. The van der Waals surface area contributed by atoms with Crippen LogP contribution < -0.4 is 0 Å². The quantitative estimate of drug-likeness (QED) is 0.430. The van der Waals surface area contributed by atoms with Crippen LogP contribution in [-0.2, 0) is 16.8 Å². The largest absolute Gasteiger partial charge is 0.772 e. The number of hydrogen-bond acceptors (Lipinski definition) is 5. The maximum absolute atomic E-state index is 10.5. The van der Waals surface area contributed by atoms with E-state index in [1.807, 2.05) is 0 Å². The number of rotatable bonds is 3. The molecule has 15 heavy (non-hydrogen) atoms. The Kier molecular flexibility index (Phi) is 3.49. The molecule has 0 bridgehead atoms. The van der Waals surface area contributed by atoms with Crippen LogP contribution in [0.15, 0.2) is 18.2 Å². The van der Waals surface area contributed by atoms with Gasteiger partial charge in [0.1, 0.15) is 11.6 Å². The molecule has 0 radical (unpaired) electrons. The van der Waals surface area contributed by atoms with E-state index in [0.29, 0.717) is 0 Å². The average molecular weight is 225 g/mol. The van der Waals surface area contributed by atoms with Crippen LogP contribution in [0, 0.1) is 21.4 Å². The number of nitro groups is 1. The Bertz CT molecular complexity index is 466. The molecule has 0 spiro atoms. The first-order chi connectivity index (χ1) is 7.06. The molecule has 0 saturated carbocycles. The Morgan fingerprint density at radius 2 is 2.20 bits per heavy atom. The van der Waals surface area contributed by atoms with Gasteiger partial charge >= 0.3 is 0 Å². The topological polar surface area (TPSA) is 107 Å². The van der Waals surface area contributed by atoms with Crippen molar-refractivity contribution in [2.75, 3.05) is 0 Å². The van der Waals surface area contributed by atoms with Gasteiger partial charge in [0.25, 0.3) is 5.69 Å². The second kappa shape index (κ2) is 4.63. The summed E-state index contributed by atoms with van der Waals surface area (Å²) in [5.41, 5.74) is -0.438. The second-order valence-corrected chi connectivity index (χ2v) is 3.52. The molecule has 0 fully saturated rings. The lowest BCUT2D eigenvalue weighted by Gasteiger charge is -2.06. The van der Waals surface area contributed by atoms with Crippen LogP contribution in [-0.4, -0.2) is 13.7 Å². The van der Waals surface area contributed by atoms with Gasteiger partial charge in [0.15, 0.2) is 0 Å². The molecule has 0 aliphatic rings. The molecule has 0 aliphatic carbocycles. The van der Waals surface area contributed by atoms with Gasteiger partial charge in [0.2, 0.25) is 0 Å². The number of nitro benzene ring substituents is 1.